The summed E-state index contributed by atoms with van der Waals surface area (Å²) in [6.45, 7) is 5.71. The highest BCUT2D eigenvalue weighted by Crippen LogP contribution is 2.15. The topological polar surface area (TPSA) is 67.2 Å². The van der Waals surface area contributed by atoms with Crippen molar-refractivity contribution in [1.29, 1.82) is 0 Å². The van der Waals surface area contributed by atoms with Crippen LogP contribution >= 0.6 is 0 Å². The summed E-state index contributed by atoms with van der Waals surface area (Å²) in [4.78, 5) is 25.7. The van der Waals surface area contributed by atoms with Crippen molar-refractivity contribution in [2.24, 2.45) is 13.0 Å². The first kappa shape index (κ1) is 14.6. The minimum Gasteiger partial charge on any atom is -0.342 e. The number of carbonyl (C=O) groups is 2. The maximum atomic E-state index is 12.0. The average molecular weight is 278 g/mol. The lowest BCUT2D eigenvalue weighted by Crippen LogP contribution is -2.43. The van der Waals surface area contributed by atoms with Crippen LogP contribution in [0.3, 0.4) is 0 Å². The maximum absolute atomic E-state index is 12.0. The summed E-state index contributed by atoms with van der Waals surface area (Å²) >= 11 is 0. The van der Waals surface area contributed by atoms with E-state index in [0.29, 0.717) is 11.6 Å². The fraction of sp³-hybridized carbons (Fsp3) is 0.643. The zero-order valence-corrected chi connectivity index (χ0v) is 12.3. The zero-order valence-electron chi connectivity index (χ0n) is 12.3. The number of hydrogen-bond acceptors (Lipinski definition) is 3. The number of carbonyl (C=O) groups excluding carboxylic acids is 2. The van der Waals surface area contributed by atoms with Crippen LogP contribution in [0.4, 0.5) is 0 Å². The van der Waals surface area contributed by atoms with E-state index in [1.807, 2.05) is 11.8 Å². The first-order chi connectivity index (χ1) is 9.47. The van der Waals surface area contributed by atoms with E-state index in [0.717, 1.165) is 31.6 Å². The molecule has 20 heavy (non-hydrogen) atoms. The second kappa shape index (κ2) is 6.07. The number of aryl methyl sites for hydroxylation is 2. The highest BCUT2D eigenvalue weighted by molar-refractivity contribution is 5.94. The number of nitrogens with zero attached hydrogens (tertiary/aromatic N) is 3. The number of likely N-dealkylation sites (tertiary alicyclic amines) is 1. The summed E-state index contributed by atoms with van der Waals surface area (Å²) in [6, 6.07) is 1.71. The third kappa shape index (κ3) is 3.37. The molecule has 1 fully saturated rings. The van der Waals surface area contributed by atoms with Gasteiger partial charge in [0.15, 0.2) is 0 Å². The van der Waals surface area contributed by atoms with E-state index < -0.39 is 0 Å². The minimum atomic E-state index is -0.299. The zero-order chi connectivity index (χ0) is 14.7. The van der Waals surface area contributed by atoms with Gasteiger partial charge in [0.2, 0.25) is 5.91 Å². The molecule has 1 N–H and O–H groups in total. The van der Waals surface area contributed by atoms with Crippen LogP contribution in [0.5, 0.6) is 0 Å². The highest BCUT2D eigenvalue weighted by Gasteiger charge is 2.21. The number of aromatic nitrogens is 2. The molecule has 2 amide bonds. The number of piperidine rings is 1. The van der Waals surface area contributed by atoms with Gasteiger partial charge in [-0.3, -0.25) is 14.3 Å². The summed E-state index contributed by atoms with van der Waals surface area (Å²) < 4.78 is 1.64. The summed E-state index contributed by atoms with van der Waals surface area (Å²) in [5.74, 6) is 0.371. The van der Waals surface area contributed by atoms with Crippen LogP contribution in [0.2, 0.25) is 0 Å². The van der Waals surface area contributed by atoms with E-state index >= 15 is 0 Å². The molecule has 110 valence electrons. The Kier molecular flexibility index (Phi) is 4.42. The van der Waals surface area contributed by atoms with E-state index in [9.17, 15) is 9.59 Å². The van der Waals surface area contributed by atoms with Crippen molar-refractivity contribution in [2.75, 3.05) is 19.6 Å². The number of nitrogens with one attached hydrogen (secondary N) is 1. The van der Waals surface area contributed by atoms with Crippen LogP contribution in [-0.2, 0) is 11.8 Å². The normalized spacial score (nSPS) is 16.2. The van der Waals surface area contributed by atoms with Crippen molar-refractivity contribution >= 4 is 11.8 Å². The van der Waals surface area contributed by atoms with E-state index in [4.69, 9.17) is 0 Å². The Bertz CT molecular complexity index is 482. The Morgan fingerprint density at radius 2 is 2.05 bits per heavy atom. The van der Waals surface area contributed by atoms with Crippen molar-refractivity contribution in [3.05, 3.63) is 17.5 Å². The van der Waals surface area contributed by atoms with E-state index in [1.165, 1.54) is 0 Å². The monoisotopic (exact) mass is 278 g/mol. The van der Waals surface area contributed by atoms with Crippen LogP contribution in [0.1, 0.15) is 35.9 Å². The average Bonchev–Trinajstić information content (AvgIpc) is 2.76. The van der Waals surface area contributed by atoms with Gasteiger partial charge in [-0.1, -0.05) is 6.92 Å². The standard InChI is InChI=1S/C14H22N4O2/c1-10-4-6-18(7-5-10)13(19)9-15-14(20)12-8-11(2)17(3)16-12/h8,10H,4-7,9H2,1-3H3,(H,15,20). The fourth-order valence-corrected chi connectivity index (χ4v) is 2.29. The van der Waals surface area contributed by atoms with Crippen LogP contribution in [0.25, 0.3) is 0 Å². The van der Waals surface area contributed by atoms with Gasteiger partial charge in [0.05, 0.1) is 6.54 Å². The SMILES string of the molecule is Cc1cc(C(=O)NCC(=O)N2CCC(C)CC2)nn1C. The lowest BCUT2D eigenvalue weighted by Gasteiger charge is -2.30. The van der Waals surface area contributed by atoms with Crippen LogP contribution in [0.15, 0.2) is 6.07 Å². The Morgan fingerprint density at radius 1 is 1.40 bits per heavy atom. The number of rotatable bonds is 3. The van der Waals surface area contributed by atoms with Crippen molar-refractivity contribution < 1.29 is 9.59 Å². The van der Waals surface area contributed by atoms with Crippen LogP contribution in [-0.4, -0.2) is 46.1 Å². The second-order valence-electron chi connectivity index (χ2n) is 5.54. The third-order valence-electron chi connectivity index (χ3n) is 3.88. The highest BCUT2D eigenvalue weighted by atomic mass is 16.2. The lowest BCUT2D eigenvalue weighted by atomic mass is 9.99. The van der Waals surface area contributed by atoms with Gasteiger partial charge in [0.1, 0.15) is 5.69 Å². The van der Waals surface area contributed by atoms with Crippen molar-refractivity contribution in [2.45, 2.75) is 26.7 Å². The molecule has 2 rings (SSSR count). The van der Waals surface area contributed by atoms with Crippen LogP contribution in [0, 0.1) is 12.8 Å². The smallest absolute Gasteiger partial charge is 0.272 e. The number of amides is 2. The largest absolute Gasteiger partial charge is 0.342 e. The first-order valence-electron chi connectivity index (χ1n) is 7.04. The lowest BCUT2D eigenvalue weighted by molar-refractivity contribution is -0.131. The molecule has 1 aliphatic rings. The van der Waals surface area contributed by atoms with E-state index in [-0.39, 0.29) is 18.4 Å². The second-order valence-corrected chi connectivity index (χ2v) is 5.54. The first-order valence-corrected chi connectivity index (χ1v) is 7.04. The Morgan fingerprint density at radius 3 is 2.60 bits per heavy atom. The van der Waals surface area contributed by atoms with Gasteiger partial charge in [0.25, 0.3) is 5.91 Å². The predicted molar refractivity (Wildman–Crippen MR) is 75.3 cm³/mol. The molecule has 0 spiro atoms. The van der Waals surface area contributed by atoms with Crippen molar-refractivity contribution in [3.8, 4) is 0 Å². The van der Waals surface area contributed by atoms with Gasteiger partial charge in [-0.25, -0.2) is 0 Å². The molecule has 0 saturated carbocycles. The predicted octanol–water partition coefficient (Wildman–Crippen LogP) is 0.717. The molecule has 1 aliphatic heterocycles. The molecule has 1 aromatic rings. The Labute approximate surface area is 119 Å². The molecule has 6 nitrogen and oxygen atoms in total. The van der Waals surface area contributed by atoms with E-state index in [1.54, 1.807) is 17.8 Å². The van der Waals surface area contributed by atoms with Gasteiger partial charge in [-0.15, -0.1) is 0 Å². The molecule has 0 unspecified atom stereocenters. The molecular weight excluding hydrogens is 256 g/mol. The van der Waals surface area contributed by atoms with Gasteiger partial charge in [0, 0.05) is 25.8 Å². The maximum Gasteiger partial charge on any atom is 0.272 e. The minimum absolute atomic E-state index is 0.0158. The van der Waals surface area contributed by atoms with Gasteiger partial charge in [-0.2, -0.15) is 5.10 Å². The molecular formula is C14H22N4O2. The molecule has 0 aliphatic carbocycles. The molecule has 1 aromatic heterocycles. The molecule has 0 radical (unpaired) electrons. The third-order valence-corrected chi connectivity index (χ3v) is 3.88. The van der Waals surface area contributed by atoms with E-state index in [2.05, 4.69) is 17.3 Å². The van der Waals surface area contributed by atoms with Gasteiger partial charge >= 0.3 is 0 Å². The van der Waals surface area contributed by atoms with Crippen LogP contribution < -0.4 is 5.32 Å². The molecule has 1 saturated heterocycles. The number of hydrogen-bond donors (Lipinski definition) is 1. The molecule has 2 heterocycles. The summed E-state index contributed by atoms with van der Waals surface area (Å²) in [7, 11) is 1.78. The Balaban J connectivity index is 1.82. The molecule has 0 bridgehead atoms. The summed E-state index contributed by atoms with van der Waals surface area (Å²) in [5, 5.41) is 6.73. The van der Waals surface area contributed by atoms with Crippen molar-refractivity contribution in [1.82, 2.24) is 20.0 Å². The van der Waals surface area contributed by atoms with Crippen molar-refractivity contribution in [3.63, 3.8) is 0 Å². The molecule has 6 heteroatoms. The molecule has 0 atom stereocenters. The molecule has 0 aromatic carbocycles. The fourth-order valence-electron chi connectivity index (χ4n) is 2.29. The summed E-state index contributed by atoms with van der Waals surface area (Å²) in [5.41, 5.74) is 1.26. The quantitative estimate of drug-likeness (QED) is 0.885. The van der Waals surface area contributed by atoms with Gasteiger partial charge < -0.3 is 10.2 Å². The van der Waals surface area contributed by atoms with Gasteiger partial charge in [-0.05, 0) is 31.7 Å². The Hall–Kier alpha value is -1.85. The summed E-state index contributed by atoms with van der Waals surface area (Å²) in [6.07, 6.45) is 2.08.